The zero-order chi connectivity index (χ0) is 18.4. The van der Waals surface area contributed by atoms with Crippen molar-refractivity contribution in [1.29, 1.82) is 0 Å². The first-order valence-electron chi connectivity index (χ1n) is 7.61. The number of hydrogen-bond donors (Lipinski definition) is 2. The quantitative estimate of drug-likeness (QED) is 0.507. The molecule has 3 rings (SSSR count). The average Bonchev–Trinajstić information content (AvgIpc) is 3.16. The standard InChI is InChI=1S/C17H15N5O3S/c1-25-16(24)11-6-2-3-7-12(11)19-14(23)10-26-17-20-15(21-22-17)13-8-4-5-9-18-13/h2-9H,10H2,1H3,(H,19,23)(H,20,21,22). The Morgan fingerprint density at radius 1 is 1.19 bits per heavy atom. The smallest absolute Gasteiger partial charge is 0.339 e. The van der Waals surface area contributed by atoms with Crippen LogP contribution in [0.15, 0.2) is 53.8 Å². The third-order valence-corrected chi connectivity index (χ3v) is 4.16. The van der Waals surface area contributed by atoms with Crippen LogP contribution in [0, 0.1) is 0 Å². The third kappa shape index (κ3) is 4.25. The summed E-state index contributed by atoms with van der Waals surface area (Å²) in [6.07, 6.45) is 1.66. The molecule has 0 aliphatic heterocycles. The van der Waals surface area contributed by atoms with Crippen LogP contribution in [0.3, 0.4) is 0 Å². The van der Waals surface area contributed by atoms with Crippen LogP contribution in [0.5, 0.6) is 0 Å². The Balaban J connectivity index is 1.60. The Morgan fingerprint density at radius 2 is 2.00 bits per heavy atom. The summed E-state index contributed by atoms with van der Waals surface area (Å²) in [5, 5.41) is 9.98. The van der Waals surface area contributed by atoms with Crippen LogP contribution in [0.2, 0.25) is 0 Å². The molecule has 3 aromatic rings. The summed E-state index contributed by atoms with van der Waals surface area (Å²) in [4.78, 5) is 32.4. The SMILES string of the molecule is COC(=O)c1ccccc1NC(=O)CSc1n[nH]c(-c2ccccn2)n1. The van der Waals surface area contributed by atoms with Crippen molar-refractivity contribution in [3.8, 4) is 11.5 Å². The number of ether oxygens (including phenoxy) is 1. The molecule has 2 aromatic heterocycles. The molecule has 8 nitrogen and oxygen atoms in total. The van der Waals surface area contributed by atoms with Gasteiger partial charge in [-0.2, -0.15) is 4.98 Å². The molecule has 1 aromatic carbocycles. The lowest BCUT2D eigenvalue weighted by Crippen LogP contribution is -2.17. The molecule has 0 aliphatic carbocycles. The number of benzene rings is 1. The Bertz CT molecular complexity index is 914. The number of rotatable bonds is 6. The summed E-state index contributed by atoms with van der Waals surface area (Å²) in [5.74, 6) is -0.169. The minimum atomic E-state index is -0.512. The number of anilines is 1. The number of H-pyrrole nitrogens is 1. The molecular weight excluding hydrogens is 354 g/mol. The lowest BCUT2D eigenvalue weighted by molar-refractivity contribution is -0.113. The van der Waals surface area contributed by atoms with Crippen LogP contribution in [0.4, 0.5) is 5.69 Å². The van der Waals surface area contributed by atoms with Gasteiger partial charge in [0.15, 0.2) is 5.82 Å². The van der Waals surface area contributed by atoms with Gasteiger partial charge in [0.05, 0.1) is 24.1 Å². The number of pyridine rings is 1. The predicted octanol–water partition coefficient (Wildman–Crippen LogP) is 2.38. The fraction of sp³-hybridized carbons (Fsp3) is 0.118. The Hall–Kier alpha value is -3.20. The molecule has 132 valence electrons. The fourth-order valence-electron chi connectivity index (χ4n) is 2.12. The van der Waals surface area contributed by atoms with E-state index in [1.54, 1.807) is 30.5 Å². The normalized spacial score (nSPS) is 10.3. The Labute approximate surface area is 153 Å². The van der Waals surface area contributed by atoms with Gasteiger partial charge in [0.1, 0.15) is 5.69 Å². The van der Waals surface area contributed by atoms with E-state index >= 15 is 0 Å². The molecule has 26 heavy (non-hydrogen) atoms. The number of amides is 1. The molecule has 0 saturated heterocycles. The minimum absolute atomic E-state index is 0.0923. The molecular formula is C17H15N5O3S. The topological polar surface area (TPSA) is 110 Å². The van der Waals surface area contributed by atoms with E-state index in [9.17, 15) is 9.59 Å². The number of carbonyl (C=O) groups excluding carboxylic acids is 2. The number of methoxy groups -OCH3 is 1. The predicted molar refractivity (Wildman–Crippen MR) is 96.7 cm³/mol. The summed E-state index contributed by atoms with van der Waals surface area (Å²) in [6.45, 7) is 0. The molecule has 0 radical (unpaired) electrons. The molecule has 0 unspecified atom stereocenters. The van der Waals surface area contributed by atoms with Crippen molar-refractivity contribution in [3.63, 3.8) is 0 Å². The summed E-state index contributed by atoms with van der Waals surface area (Å²) in [5.41, 5.74) is 1.36. The number of esters is 1. The second kappa shape index (κ2) is 8.26. The molecule has 2 N–H and O–H groups in total. The maximum Gasteiger partial charge on any atom is 0.339 e. The number of para-hydroxylation sites is 1. The van der Waals surface area contributed by atoms with E-state index < -0.39 is 5.97 Å². The molecule has 0 atom stereocenters. The average molecular weight is 369 g/mol. The van der Waals surface area contributed by atoms with Crippen LogP contribution in [0.1, 0.15) is 10.4 Å². The summed E-state index contributed by atoms with van der Waals surface area (Å²) >= 11 is 1.17. The first-order chi connectivity index (χ1) is 12.7. The van der Waals surface area contributed by atoms with Crippen molar-refractivity contribution in [2.75, 3.05) is 18.2 Å². The number of carbonyl (C=O) groups is 2. The summed E-state index contributed by atoms with van der Waals surface area (Å²) in [7, 11) is 1.29. The van der Waals surface area contributed by atoms with Crippen molar-refractivity contribution >= 4 is 29.3 Å². The molecule has 0 saturated carbocycles. The summed E-state index contributed by atoms with van der Waals surface area (Å²) < 4.78 is 4.71. The largest absolute Gasteiger partial charge is 0.465 e. The molecule has 0 aliphatic rings. The summed E-state index contributed by atoms with van der Waals surface area (Å²) in [6, 6.07) is 12.1. The van der Waals surface area contributed by atoms with Gasteiger partial charge in [0.25, 0.3) is 0 Å². The van der Waals surface area contributed by atoms with E-state index in [0.717, 1.165) is 0 Å². The van der Waals surface area contributed by atoms with Gasteiger partial charge in [0, 0.05) is 6.20 Å². The van der Waals surface area contributed by atoms with Gasteiger partial charge in [-0.3, -0.25) is 14.9 Å². The van der Waals surface area contributed by atoms with E-state index in [4.69, 9.17) is 4.74 Å². The van der Waals surface area contributed by atoms with Gasteiger partial charge in [-0.1, -0.05) is 30.0 Å². The van der Waals surface area contributed by atoms with E-state index in [1.165, 1.54) is 18.9 Å². The maximum absolute atomic E-state index is 12.2. The molecule has 2 heterocycles. The number of thioether (sulfide) groups is 1. The first kappa shape index (κ1) is 17.6. The van der Waals surface area contributed by atoms with Gasteiger partial charge in [-0.15, -0.1) is 5.10 Å². The number of nitrogens with one attached hydrogen (secondary N) is 2. The first-order valence-corrected chi connectivity index (χ1v) is 8.59. The highest BCUT2D eigenvalue weighted by molar-refractivity contribution is 7.99. The molecule has 9 heteroatoms. The monoisotopic (exact) mass is 369 g/mol. The van der Waals surface area contributed by atoms with Gasteiger partial charge in [0.2, 0.25) is 11.1 Å². The lowest BCUT2D eigenvalue weighted by atomic mass is 10.2. The van der Waals surface area contributed by atoms with Crippen molar-refractivity contribution in [2.24, 2.45) is 0 Å². The maximum atomic E-state index is 12.2. The Morgan fingerprint density at radius 3 is 2.77 bits per heavy atom. The van der Waals surface area contributed by atoms with Crippen LogP contribution in [-0.4, -0.2) is 44.9 Å². The zero-order valence-corrected chi connectivity index (χ0v) is 14.6. The van der Waals surface area contributed by atoms with Crippen molar-refractivity contribution in [1.82, 2.24) is 20.2 Å². The number of aromatic nitrogens is 4. The van der Waals surface area contributed by atoms with Crippen LogP contribution < -0.4 is 5.32 Å². The lowest BCUT2D eigenvalue weighted by Gasteiger charge is -2.08. The van der Waals surface area contributed by atoms with Gasteiger partial charge in [-0.25, -0.2) is 4.79 Å². The van der Waals surface area contributed by atoms with Crippen molar-refractivity contribution < 1.29 is 14.3 Å². The number of nitrogens with zero attached hydrogens (tertiary/aromatic N) is 3. The second-order valence-electron chi connectivity index (χ2n) is 5.06. The van der Waals surface area contributed by atoms with E-state index in [0.29, 0.717) is 27.9 Å². The number of hydrogen-bond acceptors (Lipinski definition) is 7. The molecule has 1 amide bonds. The highest BCUT2D eigenvalue weighted by Gasteiger charge is 2.14. The van der Waals surface area contributed by atoms with Gasteiger partial charge < -0.3 is 10.1 Å². The van der Waals surface area contributed by atoms with E-state index in [1.807, 2.05) is 18.2 Å². The zero-order valence-electron chi connectivity index (χ0n) is 13.8. The second-order valence-corrected chi connectivity index (χ2v) is 6.00. The van der Waals surface area contributed by atoms with Crippen LogP contribution >= 0.6 is 11.8 Å². The van der Waals surface area contributed by atoms with E-state index in [-0.39, 0.29) is 11.7 Å². The fourth-order valence-corrected chi connectivity index (χ4v) is 2.72. The molecule has 0 fully saturated rings. The molecule has 0 spiro atoms. The van der Waals surface area contributed by atoms with Crippen LogP contribution in [-0.2, 0) is 9.53 Å². The van der Waals surface area contributed by atoms with Gasteiger partial charge in [-0.05, 0) is 24.3 Å². The molecule has 0 bridgehead atoms. The van der Waals surface area contributed by atoms with Crippen LogP contribution in [0.25, 0.3) is 11.5 Å². The van der Waals surface area contributed by atoms with Crippen molar-refractivity contribution in [2.45, 2.75) is 5.16 Å². The number of aromatic amines is 1. The van der Waals surface area contributed by atoms with Gasteiger partial charge >= 0.3 is 5.97 Å². The highest BCUT2D eigenvalue weighted by Crippen LogP contribution is 2.19. The third-order valence-electron chi connectivity index (χ3n) is 3.31. The highest BCUT2D eigenvalue weighted by atomic mass is 32.2. The van der Waals surface area contributed by atoms with E-state index in [2.05, 4.69) is 25.5 Å². The Kier molecular flexibility index (Phi) is 5.59. The van der Waals surface area contributed by atoms with Crippen molar-refractivity contribution in [3.05, 3.63) is 54.2 Å². The minimum Gasteiger partial charge on any atom is -0.465 e.